The number of hydrogen-bond donors (Lipinski definition) is 4. The fourth-order valence-electron chi connectivity index (χ4n) is 3.47. The second-order valence-corrected chi connectivity index (χ2v) is 6.61. The first-order chi connectivity index (χ1) is 13.0. The molecule has 1 aromatic rings. The smallest absolute Gasteiger partial charge is 0.251 e. The van der Waals surface area contributed by atoms with Crippen molar-refractivity contribution in [3.8, 4) is 0 Å². The van der Waals surface area contributed by atoms with Crippen molar-refractivity contribution >= 4 is 29.8 Å². The summed E-state index contributed by atoms with van der Waals surface area (Å²) in [5, 5.41) is 9.06. The van der Waals surface area contributed by atoms with Gasteiger partial charge in [0.25, 0.3) is 5.91 Å². The number of rotatable bonds is 4. The van der Waals surface area contributed by atoms with Gasteiger partial charge < -0.3 is 26.6 Å². The molecule has 2 atom stereocenters. The molecule has 0 aliphatic carbocycles. The molecule has 1 aromatic carbocycles. The highest BCUT2D eigenvalue weighted by Gasteiger charge is 2.30. The van der Waals surface area contributed by atoms with Crippen molar-refractivity contribution in [2.45, 2.75) is 25.6 Å². The minimum Gasteiger partial charge on any atom is -0.370 e. The Hall–Kier alpha value is -3.36. The van der Waals surface area contributed by atoms with Crippen LogP contribution in [0.25, 0.3) is 5.70 Å². The van der Waals surface area contributed by atoms with Crippen LogP contribution >= 0.6 is 0 Å². The van der Waals surface area contributed by atoms with Crippen LogP contribution in [0, 0.1) is 0 Å². The SMILES string of the molecule is CCN1C[C@H](NC(=O)c2cccc(C3=C4NC=NC4N=C(N)N3)c2)CC1=O. The first-order valence-electron chi connectivity index (χ1n) is 8.87. The summed E-state index contributed by atoms with van der Waals surface area (Å²) in [6, 6.07) is 7.06. The van der Waals surface area contributed by atoms with Crippen LogP contribution in [0.1, 0.15) is 29.3 Å². The zero-order chi connectivity index (χ0) is 19.0. The van der Waals surface area contributed by atoms with Crippen molar-refractivity contribution < 1.29 is 9.59 Å². The summed E-state index contributed by atoms with van der Waals surface area (Å²) in [5.74, 6) is 0.143. The van der Waals surface area contributed by atoms with E-state index in [9.17, 15) is 9.59 Å². The van der Waals surface area contributed by atoms with Crippen molar-refractivity contribution in [1.29, 1.82) is 0 Å². The Morgan fingerprint density at radius 3 is 3.07 bits per heavy atom. The number of likely N-dealkylation sites (N-methyl/N-ethyl adjacent to an activating group) is 1. The second kappa shape index (κ2) is 6.75. The molecule has 0 radical (unpaired) electrons. The lowest BCUT2D eigenvalue weighted by molar-refractivity contribution is -0.127. The zero-order valence-electron chi connectivity index (χ0n) is 14.9. The number of nitrogens with two attached hydrogens (primary N) is 1. The quantitative estimate of drug-likeness (QED) is 0.575. The Morgan fingerprint density at radius 2 is 2.30 bits per heavy atom. The monoisotopic (exact) mass is 367 g/mol. The lowest BCUT2D eigenvalue weighted by atomic mass is 10.0. The Labute approximate surface area is 156 Å². The van der Waals surface area contributed by atoms with Crippen molar-refractivity contribution in [1.82, 2.24) is 20.9 Å². The Bertz CT molecular complexity index is 889. The molecule has 0 saturated carbocycles. The molecule has 3 aliphatic rings. The van der Waals surface area contributed by atoms with E-state index in [1.807, 2.05) is 19.1 Å². The number of aliphatic imine (C=N–C) groups is 2. The van der Waals surface area contributed by atoms with Crippen LogP contribution in [-0.4, -0.2) is 54.3 Å². The zero-order valence-corrected chi connectivity index (χ0v) is 14.9. The maximum absolute atomic E-state index is 12.7. The molecule has 9 nitrogen and oxygen atoms in total. The molecule has 27 heavy (non-hydrogen) atoms. The number of guanidine groups is 1. The predicted octanol–water partition coefficient (Wildman–Crippen LogP) is -0.419. The van der Waals surface area contributed by atoms with Gasteiger partial charge in [-0.2, -0.15) is 0 Å². The highest BCUT2D eigenvalue weighted by Crippen LogP contribution is 2.24. The van der Waals surface area contributed by atoms with Crippen LogP contribution < -0.4 is 21.7 Å². The predicted molar refractivity (Wildman–Crippen MR) is 102 cm³/mol. The first kappa shape index (κ1) is 17.1. The number of nitrogens with zero attached hydrogens (tertiary/aromatic N) is 3. The molecule has 140 valence electrons. The van der Waals surface area contributed by atoms with Gasteiger partial charge in [-0.1, -0.05) is 12.1 Å². The van der Waals surface area contributed by atoms with Crippen LogP contribution in [-0.2, 0) is 4.79 Å². The van der Waals surface area contributed by atoms with Crippen molar-refractivity contribution in [2.75, 3.05) is 13.1 Å². The summed E-state index contributed by atoms with van der Waals surface area (Å²) in [7, 11) is 0. The molecule has 0 aromatic heterocycles. The summed E-state index contributed by atoms with van der Waals surface area (Å²) in [6.07, 6.45) is 1.53. The van der Waals surface area contributed by atoms with Crippen molar-refractivity contribution in [2.24, 2.45) is 15.7 Å². The largest absolute Gasteiger partial charge is 0.370 e. The summed E-state index contributed by atoms with van der Waals surface area (Å²) >= 11 is 0. The van der Waals surface area contributed by atoms with E-state index in [0.717, 1.165) is 17.0 Å². The fourth-order valence-corrected chi connectivity index (χ4v) is 3.47. The van der Waals surface area contributed by atoms with Crippen LogP contribution in [0.15, 0.2) is 39.9 Å². The summed E-state index contributed by atoms with van der Waals surface area (Å²) in [4.78, 5) is 34.7. The van der Waals surface area contributed by atoms with Crippen molar-refractivity contribution in [3.05, 3.63) is 41.1 Å². The van der Waals surface area contributed by atoms with E-state index in [0.29, 0.717) is 25.1 Å². The van der Waals surface area contributed by atoms with Crippen LogP contribution in [0.2, 0.25) is 0 Å². The minimum atomic E-state index is -0.386. The van der Waals surface area contributed by atoms with Gasteiger partial charge in [0.2, 0.25) is 5.91 Å². The van der Waals surface area contributed by atoms with Crippen LogP contribution in [0.5, 0.6) is 0 Å². The van der Waals surface area contributed by atoms with Crippen LogP contribution in [0.3, 0.4) is 0 Å². The molecule has 5 N–H and O–H groups in total. The van der Waals surface area contributed by atoms with E-state index in [4.69, 9.17) is 5.73 Å². The molecule has 1 unspecified atom stereocenters. The van der Waals surface area contributed by atoms with Gasteiger partial charge in [0.15, 0.2) is 12.1 Å². The molecule has 4 rings (SSSR count). The maximum atomic E-state index is 12.7. The molecule has 9 heteroatoms. The number of hydrogen-bond acceptors (Lipinski definition) is 7. The van der Waals surface area contributed by atoms with E-state index in [1.54, 1.807) is 23.4 Å². The molecular formula is C18H21N7O2. The Kier molecular flexibility index (Phi) is 4.27. The molecule has 1 saturated heterocycles. The van der Waals surface area contributed by atoms with E-state index in [1.165, 1.54) is 0 Å². The van der Waals surface area contributed by atoms with Crippen molar-refractivity contribution in [3.63, 3.8) is 0 Å². The van der Waals surface area contributed by atoms with Crippen LogP contribution in [0.4, 0.5) is 0 Å². The standard InChI is InChI=1S/C18H21N7O2/c1-2-25-8-12(7-13(25)26)22-17(27)11-5-3-4-10(6-11)14-15-16(21-9-20-15)24-18(19)23-14/h3-6,9,12,16H,2,7-8H2,1H3,(H,20,21)(H,22,27)(H3,19,23,24)/t12-,16?/m1/s1. The van der Waals surface area contributed by atoms with Gasteiger partial charge in [0.05, 0.1) is 23.8 Å². The topological polar surface area (TPSA) is 124 Å². The number of nitrogens with one attached hydrogen (secondary N) is 3. The molecule has 2 amide bonds. The second-order valence-electron chi connectivity index (χ2n) is 6.61. The lowest BCUT2D eigenvalue weighted by Crippen LogP contribution is -2.38. The third-order valence-corrected chi connectivity index (χ3v) is 4.82. The third kappa shape index (κ3) is 3.23. The molecule has 0 bridgehead atoms. The summed E-state index contributed by atoms with van der Waals surface area (Å²) in [6.45, 7) is 3.14. The first-order valence-corrected chi connectivity index (χ1v) is 8.87. The molecular weight excluding hydrogens is 346 g/mol. The number of fused-ring (bicyclic) bond motifs is 1. The third-order valence-electron chi connectivity index (χ3n) is 4.82. The highest BCUT2D eigenvalue weighted by molar-refractivity contribution is 5.97. The van der Waals surface area contributed by atoms with Gasteiger partial charge in [-0.25, -0.2) is 9.98 Å². The van der Waals surface area contributed by atoms with Gasteiger partial charge in [-0.05, 0) is 19.1 Å². The molecule has 0 spiro atoms. The molecule has 3 aliphatic heterocycles. The highest BCUT2D eigenvalue weighted by atomic mass is 16.2. The Balaban J connectivity index is 1.53. The maximum Gasteiger partial charge on any atom is 0.251 e. The normalized spacial score (nSPS) is 23.7. The fraction of sp³-hybridized carbons (Fsp3) is 0.333. The van der Waals surface area contributed by atoms with Gasteiger partial charge in [0.1, 0.15) is 0 Å². The molecule has 1 fully saturated rings. The van der Waals surface area contributed by atoms with E-state index in [2.05, 4.69) is 25.9 Å². The average molecular weight is 367 g/mol. The minimum absolute atomic E-state index is 0.0722. The van der Waals surface area contributed by atoms with E-state index >= 15 is 0 Å². The number of carbonyl (C=O) groups excluding carboxylic acids is 2. The van der Waals surface area contributed by atoms with Gasteiger partial charge in [-0.15, -0.1) is 0 Å². The van der Waals surface area contributed by atoms with E-state index < -0.39 is 0 Å². The van der Waals surface area contributed by atoms with Gasteiger partial charge >= 0.3 is 0 Å². The summed E-state index contributed by atoms with van der Waals surface area (Å²) < 4.78 is 0. The number of benzene rings is 1. The average Bonchev–Trinajstić information content (AvgIpc) is 3.26. The number of likely N-dealkylation sites (tertiary alicyclic amines) is 1. The Morgan fingerprint density at radius 1 is 1.44 bits per heavy atom. The lowest BCUT2D eigenvalue weighted by Gasteiger charge is -2.21. The van der Waals surface area contributed by atoms with E-state index in [-0.39, 0.29) is 30.0 Å². The number of amides is 2. The van der Waals surface area contributed by atoms with Gasteiger partial charge in [-0.3, -0.25) is 9.59 Å². The number of carbonyl (C=O) groups is 2. The van der Waals surface area contributed by atoms with Gasteiger partial charge in [0, 0.05) is 30.6 Å². The molecule has 3 heterocycles. The summed E-state index contributed by atoms with van der Waals surface area (Å²) in [5.41, 5.74) is 8.71.